The number of aromatic nitrogens is 3. The third-order valence-corrected chi connectivity index (χ3v) is 5.80. The number of pyridine rings is 1. The van der Waals surface area contributed by atoms with Gasteiger partial charge in [0.2, 0.25) is 5.95 Å². The maximum absolute atomic E-state index is 12.7. The summed E-state index contributed by atoms with van der Waals surface area (Å²) in [4.78, 5) is 28.2. The fourth-order valence-corrected chi connectivity index (χ4v) is 3.90. The summed E-state index contributed by atoms with van der Waals surface area (Å²) in [6.45, 7) is 5.37. The lowest BCUT2D eigenvalue weighted by molar-refractivity contribution is 0.102. The number of halogens is 1. The van der Waals surface area contributed by atoms with Crippen molar-refractivity contribution >= 4 is 45.0 Å². The number of nitrogens with zero attached hydrogens (tertiary/aromatic N) is 4. The summed E-state index contributed by atoms with van der Waals surface area (Å²) in [6, 6.07) is 8.81. The Bertz CT molecular complexity index is 1190. The molecule has 1 fully saturated rings. The minimum atomic E-state index is -0.335. The number of benzene rings is 1. The van der Waals surface area contributed by atoms with Gasteiger partial charge in [-0.1, -0.05) is 6.07 Å². The second-order valence-electron chi connectivity index (χ2n) is 7.62. The first-order valence-electron chi connectivity index (χ1n) is 10.7. The Morgan fingerprint density at radius 1 is 1.09 bits per heavy atom. The highest BCUT2D eigenvalue weighted by molar-refractivity contribution is 9.10. The molecule has 1 aliphatic rings. The summed E-state index contributed by atoms with van der Waals surface area (Å²) in [6.07, 6.45) is 1.67. The summed E-state index contributed by atoms with van der Waals surface area (Å²) >= 11 is 3.29. The Balaban J connectivity index is 1.60. The van der Waals surface area contributed by atoms with Gasteiger partial charge >= 0.3 is 0 Å². The van der Waals surface area contributed by atoms with E-state index in [1.807, 2.05) is 19.1 Å². The molecule has 2 aromatic heterocycles. The van der Waals surface area contributed by atoms with Crippen LogP contribution in [-0.2, 0) is 0 Å². The number of carbonyl (C=O) groups is 1. The lowest BCUT2D eigenvalue weighted by Gasteiger charge is -2.27. The molecule has 178 valence electrons. The molecule has 3 aromatic rings. The van der Waals surface area contributed by atoms with Gasteiger partial charge in [-0.25, -0.2) is 9.97 Å². The van der Waals surface area contributed by atoms with Crippen molar-refractivity contribution in [1.29, 1.82) is 0 Å². The van der Waals surface area contributed by atoms with Gasteiger partial charge in [-0.05, 0) is 46.6 Å². The van der Waals surface area contributed by atoms with Crippen molar-refractivity contribution in [1.82, 2.24) is 20.3 Å². The molecule has 0 atom stereocenters. The van der Waals surface area contributed by atoms with Gasteiger partial charge < -0.3 is 30.3 Å². The van der Waals surface area contributed by atoms with Gasteiger partial charge in [0.25, 0.3) is 5.91 Å². The van der Waals surface area contributed by atoms with Gasteiger partial charge in [0.05, 0.1) is 26.1 Å². The van der Waals surface area contributed by atoms with E-state index in [0.29, 0.717) is 39.2 Å². The fourth-order valence-electron chi connectivity index (χ4n) is 3.56. The van der Waals surface area contributed by atoms with Crippen LogP contribution in [0.2, 0.25) is 0 Å². The molecule has 1 aliphatic heterocycles. The number of hydrogen-bond donors (Lipinski definition) is 3. The number of rotatable bonds is 7. The van der Waals surface area contributed by atoms with Crippen molar-refractivity contribution in [3.63, 3.8) is 0 Å². The molecule has 1 aromatic carbocycles. The van der Waals surface area contributed by atoms with Crippen molar-refractivity contribution in [2.45, 2.75) is 6.92 Å². The molecule has 1 saturated heterocycles. The molecule has 11 heteroatoms. The summed E-state index contributed by atoms with van der Waals surface area (Å²) < 4.78 is 11.6. The Morgan fingerprint density at radius 3 is 2.56 bits per heavy atom. The fraction of sp³-hybridized carbons (Fsp3) is 0.304. The van der Waals surface area contributed by atoms with E-state index in [1.165, 1.54) is 0 Å². The predicted molar refractivity (Wildman–Crippen MR) is 135 cm³/mol. The normalized spacial score (nSPS) is 13.4. The Kier molecular flexibility index (Phi) is 7.43. The summed E-state index contributed by atoms with van der Waals surface area (Å²) in [5.41, 5.74) is 2.47. The van der Waals surface area contributed by atoms with E-state index in [4.69, 9.17) is 14.5 Å². The number of piperazine rings is 1. The lowest BCUT2D eigenvalue weighted by Crippen LogP contribution is -2.44. The van der Waals surface area contributed by atoms with Crippen molar-refractivity contribution < 1.29 is 14.3 Å². The van der Waals surface area contributed by atoms with E-state index in [9.17, 15) is 4.79 Å². The third kappa shape index (κ3) is 5.37. The van der Waals surface area contributed by atoms with Gasteiger partial charge in [0.1, 0.15) is 16.0 Å². The number of carbonyl (C=O) groups excluding carboxylic acids is 1. The Hall–Kier alpha value is -3.44. The van der Waals surface area contributed by atoms with Crippen LogP contribution in [0.15, 0.2) is 41.1 Å². The van der Waals surface area contributed by atoms with Crippen LogP contribution in [0.1, 0.15) is 16.1 Å². The highest BCUT2D eigenvalue weighted by atomic mass is 79.9. The third-order valence-electron chi connectivity index (χ3n) is 5.36. The predicted octanol–water partition coefficient (Wildman–Crippen LogP) is 3.37. The molecule has 0 aliphatic carbocycles. The molecule has 34 heavy (non-hydrogen) atoms. The SMILES string of the molecule is COc1cc(Nc2nc(N3CCNCC3)ncc2OC)c(C)cc1NC(=O)c1cccc(Br)n1. The molecule has 0 radical (unpaired) electrons. The average molecular weight is 528 g/mol. The van der Waals surface area contributed by atoms with Crippen molar-refractivity contribution in [2.75, 3.05) is 55.9 Å². The number of nitrogens with one attached hydrogen (secondary N) is 3. The van der Waals surface area contributed by atoms with E-state index in [-0.39, 0.29) is 5.91 Å². The van der Waals surface area contributed by atoms with Gasteiger partial charge in [0, 0.05) is 37.9 Å². The van der Waals surface area contributed by atoms with Crippen LogP contribution in [-0.4, -0.2) is 61.3 Å². The van der Waals surface area contributed by atoms with Crippen LogP contribution in [0.25, 0.3) is 0 Å². The molecule has 0 unspecified atom stereocenters. The molecule has 1 amide bonds. The van der Waals surface area contributed by atoms with Crippen LogP contribution >= 0.6 is 15.9 Å². The van der Waals surface area contributed by atoms with Crippen molar-refractivity contribution in [2.24, 2.45) is 0 Å². The number of amides is 1. The summed E-state index contributed by atoms with van der Waals surface area (Å²) in [7, 11) is 3.13. The molecule has 3 heterocycles. The van der Waals surface area contributed by atoms with Gasteiger partial charge in [-0.15, -0.1) is 0 Å². The highest BCUT2D eigenvalue weighted by Crippen LogP contribution is 2.35. The molecule has 0 saturated carbocycles. The maximum atomic E-state index is 12.7. The maximum Gasteiger partial charge on any atom is 0.274 e. The zero-order valence-electron chi connectivity index (χ0n) is 19.2. The topological polar surface area (TPSA) is 114 Å². The molecular weight excluding hydrogens is 502 g/mol. The molecule has 0 bridgehead atoms. The average Bonchev–Trinajstić information content (AvgIpc) is 2.86. The largest absolute Gasteiger partial charge is 0.494 e. The smallest absolute Gasteiger partial charge is 0.274 e. The lowest BCUT2D eigenvalue weighted by atomic mass is 10.1. The van der Waals surface area contributed by atoms with E-state index >= 15 is 0 Å². The van der Waals surface area contributed by atoms with E-state index in [0.717, 1.165) is 37.4 Å². The van der Waals surface area contributed by atoms with Gasteiger partial charge in [0.15, 0.2) is 11.6 Å². The second-order valence-corrected chi connectivity index (χ2v) is 8.43. The number of hydrogen-bond acceptors (Lipinski definition) is 9. The van der Waals surface area contributed by atoms with E-state index in [2.05, 4.69) is 46.7 Å². The minimum Gasteiger partial charge on any atom is -0.494 e. The van der Waals surface area contributed by atoms with Crippen LogP contribution < -0.4 is 30.3 Å². The monoisotopic (exact) mass is 527 g/mol. The van der Waals surface area contributed by atoms with Gasteiger partial charge in [-0.2, -0.15) is 4.98 Å². The van der Waals surface area contributed by atoms with Crippen molar-refractivity contribution in [3.05, 3.63) is 52.4 Å². The molecule has 10 nitrogen and oxygen atoms in total. The standard InChI is InChI=1S/C23H26BrN7O3/c1-14-11-17(29-22(32)15-5-4-6-20(24)27-15)18(33-2)12-16(14)28-21-19(34-3)13-26-23(30-21)31-9-7-25-8-10-31/h4-6,11-13,25H,7-10H2,1-3H3,(H,29,32)(H,26,28,30). The number of anilines is 4. The summed E-state index contributed by atoms with van der Waals surface area (Å²) in [5, 5.41) is 9.54. The number of methoxy groups -OCH3 is 2. The van der Waals surface area contributed by atoms with Crippen LogP contribution in [0.3, 0.4) is 0 Å². The number of aryl methyl sites for hydroxylation is 1. The molecule has 0 spiro atoms. The Labute approximate surface area is 206 Å². The highest BCUT2D eigenvalue weighted by Gasteiger charge is 2.18. The zero-order valence-corrected chi connectivity index (χ0v) is 20.8. The van der Waals surface area contributed by atoms with E-state index in [1.54, 1.807) is 38.6 Å². The molecule has 4 rings (SSSR count). The van der Waals surface area contributed by atoms with E-state index < -0.39 is 0 Å². The zero-order chi connectivity index (χ0) is 24.1. The molecular formula is C23H26BrN7O3. The quantitative estimate of drug-likeness (QED) is 0.398. The second kappa shape index (κ2) is 10.7. The molecule has 3 N–H and O–H groups in total. The van der Waals surface area contributed by atoms with Crippen LogP contribution in [0.4, 0.5) is 23.1 Å². The first-order chi connectivity index (χ1) is 16.5. The van der Waals surface area contributed by atoms with Crippen molar-refractivity contribution in [3.8, 4) is 11.5 Å². The first kappa shape index (κ1) is 23.7. The minimum absolute atomic E-state index is 0.294. The first-order valence-corrected chi connectivity index (χ1v) is 11.5. The Morgan fingerprint density at radius 2 is 1.85 bits per heavy atom. The van der Waals surface area contributed by atoms with Crippen LogP contribution in [0.5, 0.6) is 11.5 Å². The van der Waals surface area contributed by atoms with Crippen LogP contribution in [0, 0.1) is 6.92 Å². The summed E-state index contributed by atoms with van der Waals surface area (Å²) in [5.74, 6) is 1.87. The number of ether oxygens (including phenoxy) is 2. The van der Waals surface area contributed by atoms with Gasteiger partial charge in [-0.3, -0.25) is 4.79 Å².